The van der Waals surface area contributed by atoms with Crippen LogP contribution in [-0.2, 0) is 4.74 Å². The first-order valence-corrected chi connectivity index (χ1v) is 4.56. The number of ether oxygens (including phenoxy) is 1. The fraction of sp³-hybridized carbons (Fsp3) is 1.00. The molecule has 0 aromatic heterocycles. The van der Waals surface area contributed by atoms with Gasteiger partial charge in [0.2, 0.25) is 0 Å². The van der Waals surface area contributed by atoms with Crippen LogP contribution in [0.5, 0.6) is 0 Å². The molecule has 0 aliphatic carbocycles. The molecule has 0 aromatic carbocycles. The van der Waals surface area contributed by atoms with Gasteiger partial charge in [-0.2, -0.15) is 0 Å². The van der Waals surface area contributed by atoms with Gasteiger partial charge in [0.25, 0.3) is 0 Å². The number of hydrogen-bond acceptors (Lipinski definition) is 4. The number of aliphatic hydroxyl groups excluding tert-OH is 1. The van der Waals surface area contributed by atoms with E-state index in [2.05, 4.69) is 4.90 Å². The average molecular weight is 190 g/mol. The first-order chi connectivity index (χ1) is 5.95. The van der Waals surface area contributed by atoms with Crippen LogP contribution < -0.4 is 0 Å². The van der Waals surface area contributed by atoms with Crippen LogP contribution in [0.25, 0.3) is 0 Å². The summed E-state index contributed by atoms with van der Waals surface area (Å²) < 4.78 is 5.51. The predicted molar refractivity (Wildman–Crippen MR) is 53.7 cm³/mol. The van der Waals surface area contributed by atoms with Crippen molar-refractivity contribution in [3.63, 3.8) is 0 Å². The molecule has 0 bridgehead atoms. The Balaban J connectivity index is 3.70. The van der Waals surface area contributed by atoms with Crippen molar-refractivity contribution in [1.29, 1.82) is 0 Å². The Morgan fingerprint density at radius 2 is 1.77 bits per heavy atom. The number of rotatable bonds is 6. The summed E-state index contributed by atoms with van der Waals surface area (Å²) in [7, 11) is 7.78. The third-order valence-corrected chi connectivity index (χ3v) is 1.75. The molecule has 13 heavy (non-hydrogen) atoms. The molecule has 0 aromatic rings. The van der Waals surface area contributed by atoms with Crippen LogP contribution in [0.4, 0.5) is 0 Å². The third-order valence-electron chi connectivity index (χ3n) is 1.75. The van der Waals surface area contributed by atoms with Gasteiger partial charge in [-0.15, -0.1) is 0 Å². The molecule has 80 valence electrons. The Labute approximate surface area is 81.1 Å². The number of aliphatic hydroxyl groups is 1. The van der Waals surface area contributed by atoms with E-state index in [1.807, 2.05) is 33.1 Å². The van der Waals surface area contributed by atoms with Gasteiger partial charge in [-0.1, -0.05) is 0 Å². The van der Waals surface area contributed by atoms with Crippen molar-refractivity contribution in [2.45, 2.75) is 19.3 Å². The molecule has 0 aliphatic rings. The van der Waals surface area contributed by atoms with Crippen LogP contribution in [0.2, 0.25) is 0 Å². The molecule has 0 fully saturated rings. The highest BCUT2D eigenvalue weighted by molar-refractivity contribution is 4.61. The molecule has 0 heterocycles. The Bertz CT molecular complexity index is 119. The topological polar surface area (TPSA) is 35.9 Å². The maximum Gasteiger partial charge on any atom is 0.136 e. The molecule has 4 nitrogen and oxygen atoms in total. The summed E-state index contributed by atoms with van der Waals surface area (Å²) in [4.78, 5) is 3.93. The first-order valence-electron chi connectivity index (χ1n) is 4.56. The van der Waals surface area contributed by atoms with Crippen LogP contribution in [0.1, 0.15) is 6.92 Å². The van der Waals surface area contributed by atoms with Crippen molar-refractivity contribution in [3.8, 4) is 0 Å². The van der Waals surface area contributed by atoms with Gasteiger partial charge in [0, 0.05) is 6.54 Å². The van der Waals surface area contributed by atoms with E-state index in [-0.39, 0.29) is 6.23 Å². The molecule has 0 spiro atoms. The van der Waals surface area contributed by atoms with Gasteiger partial charge < -0.3 is 14.7 Å². The van der Waals surface area contributed by atoms with E-state index in [0.29, 0.717) is 6.61 Å². The lowest BCUT2D eigenvalue weighted by atomic mass is 10.3. The highest BCUT2D eigenvalue weighted by Gasteiger charge is 2.17. The van der Waals surface area contributed by atoms with Gasteiger partial charge in [-0.25, -0.2) is 0 Å². The van der Waals surface area contributed by atoms with Gasteiger partial charge in [0.1, 0.15) is 6.23 Å². The largest absolute Gasteiger partial charge is 0.389 e. The predicted octanol–water partition coefficient (Wildman–Crippen LogP) is -0.167. The molecule has 2 unspecified atom stereocenters. The Hall–Kier alpha value is -0.160. The molecule has 1 N–H and O–H groups in total. The SMILES string of the molecule is CC(O)C(OCCN(C)C)N(C)C. The summed E-state index contributed by atoms with van der Waals surface area (Å²) >= 11 is 0. The second kappa shape index (κ2) is 6.32. The zero-order chi connectivity index (χ0) is 10.4. The van der Waals surface area contributed by atoms with Crippen molar-refractivity contribution in [3.05, 3.63) is 0 Å². The Morgan fingerprint density at radius 1 is 1.23 bits per heavy atom. The van der Waals surface area contributed by atoms with Crippen molar-refractivity contribution in [2.24, 2.45) is 0 Å². The summed E-state index contributed by atoms with van der Waals surface area (Å²) in [5.74, 6) is 0. The fourth-order valence-electron chi connectivity index (χ4n) is 1.08. The summed E-state index contributed by atoms with van der Waals surface area (Å²) in [5.41, 5.74) is 0. The lowest BCUT2D eigenvalue weighted by molar-refractivity contribution is -0.103. The summed E-state index contributed by atoms with van der Waals surface area (Å²) in [6.45, 7) is 3.25. The zero-order valence-electron chi connectivity index (χ0n) is 9.32. The van der Waals surface area contributed by atoms with E-state index in [1.54, 1.807) is 6.92 Å². The second-order valence-corrected chi connectivity index (χ2v) is 3.77. The molecule has 4 heteroatoms. The Morgan fingerprint density at radius 3 is 2.08 bits per heavy atom. The van der Waals surface area contributed by atoms with E-state index in [4.69, 9.17) is 4.74 Å². The van der Waals surface area contributed by atoms with Gasteiger partial charge in [-0.05, 0) is 35.1 Å². The van der Waals surface area contributed by atoms with Crippen LogP contribution in [0.3, 0.4) is 0 Å². The maximum absolute atomic E-state index is 9.37. The number of hydrogen-bond donors (Lipinski definition) is 1. The monoisotopic (exact) mass is 190 g/mol. The van der Waals surface area contributed by atoms with Crippen molar-refractivity contribution < 1.29 is 9.84 Å². The highest BCUT2D eigenvalue weighted by atomic mass is 16.5. The molecule has 0 saturated carbocycles. The van der Waals surface area contributed by atoms with E-state index in [0.717, 1.165) is 6.54 Å². The summed E-state index contributed by atoms with van der Waals surface area (Å²) in [6, 6.07) is 0. The van der Waals surface area contributed by atoms with E-state index >= 15 is 0 Å². The second-order valence-electron chi connectivity index (χ2n) is 3.77. The highest BCUT2D eigenvalue weighted by Crippen LogP contribution is 2.01. The summed E-state index contributed by atoms with van der Waals surface area (Å²) in [6.07, 6.45) is -0.669. The lowest BCUT2D eigenvalue weighted by Gasteiger charge is -2.27. The van der Waals surface area contributed by atoms with Crippen LogP contribution in [0, 0.1) is 0 Å². The minimum atomic E-state index is -0.461. The quantitative estimate of drug-likeness (QED) is 0.590. The van der Waals surface area contributed by atoms with Gasteiger partial charge in [0.15, 0.2) is 0 Å². The van der Waals surface area contributed by atoms with E-state index < -0.39 is 6.10 Å². The molecule has 2 atom stereocenters. The minimum absolute atomic E-state index is 0.208. The van der Waals surface area contributed by atoms with E-state index in [9.17, 15) is 5.11 Å². The van der Waals surface area contributed by atoms with Crippen LogP contribution in [-0.4, -0.2) is 68.6 Å². The standard InChI is InChI=1S/C9H22N2O2/c1-8(12)9(11(4)5)13-7-6-10(2)3/h8-9,12H,6-7H2,1-5H3. The molecule has 0 amide bonds. The molecule has 0 aliphatic heterocycles. The number of likely N-dealkylation sites (N-methyl/N-ethyl adjacent to an activating group) is 2. The maximum atomic E-state index is 9.37. The van der Waals surface area contributed by atoms with E-state index in [1.165, 1.54) is 0 Å². The zero-order valence-corrected chi connectivity index (χ0v) is 9.32. The molecular weight excluding hydrogens is 168 g/mol. The van der Waals surface area contributed by atoms with Gasteiger partial charge in [0.05, 0.1) is 12.7 Å². The van der Waals surface area contributed by atoms with Crippen molar-refractivity contribution in [2.75, 3.05) is 41.3 Å². The van der Waals surface area contributed by atoms with Crippen LogP contribution >= 0.6 is 0 Å². The van der Waals surface area contributed by atoms with Crippen molar-refractivity contribution >= 4 is 0 Å². The normalized spacial score (nSPS) is 16.6. The molecular formula is C9H22N2O2. The first kappa shape index (κ1) is 12.8. The van der Waals surface area contributed by atoms with Crippen molar-refractivity contribution in [1.82, 2.24) is 9.80 Å². The minimum Gasteiger partial charge on any atom is -0.389 e. The van der Waals surface area contributed by atoms with Gasteiger partial charge >= 0.3 is 0 Å². The Kier molecular flexibility index (Phi) is 6.24. The molecule has 0 saturated heterocycles. The summed E-state index contributed by atoms with van der Waals surface area (Å²) in [5, 5.41) is 9.37. The van der Waals surface area contributed by atoms with Crippen LogP contribution in [0.15, 0.2) is 0 Å². The molecule has 0 rings (SSSR count). The smallest absolute Gasteiger partial charge is 0.136 e. The molecule has 0 radical (unpaired) electrons. The lowest BCUT2D eigenvalue weighted by Crippen LogP contribution is -2.40. The average Bonchev–Trinajstić information content (AvgIpc) is 1.95. The number of nitrogens with zero attached hydrogens (tertiary/aromatic N) is 2. The third kappa shape index (κ3) is 5.99. The fourth-order valence-corrected chi connectivity index (χ4v) is 1.08. The van der Waals surface area contributed by atoms with Gasteiger partial charge in [-0.3, -0.25) is 4.90 Å².